The molecule has 7 heteroatoms. The van der Waals surface area contributed by atoms with E-state index in [4.69, 9.17) is 5.11 Å². The Morgan fingerprint density at radius 2 is 1.82 bits per heavy atom. The Labute approximate surface area is 126 Å². The van der Waals surface area contributed by atoms with Crippen molar-refractivity contribution >= 4 is 17.7 Å². The Hall–Kier alpha value is -2.83. The van der Waals surface area contributed by atoms with E-state index < -0.39 is 18.4 Å². The lowest BCUT2D eigenvalue weighted by Crippen LogP contribution is -2.14. The average molecular weight is 304 g/mol. The van der Waals surface area contributed by atoms with Gasteiger partial charge in [0.1, 0.15) is 0 Å². The molecular formula is C15H16N2O5. The molecule has 0 fully saturated rings. The number of aryl methyl sites for hydroxylation is 1. The summed E-state index contributed by atoms with van der Waals surface area (Å²) in [6, 6.07) is 3.34. The van der Waals surface area contributed by atoms with Crippen LogP contribution in [0.25, 0.3) is 0 Å². The Balaban J connectivity index is 2.67. The summed E-state index contributed by atoms with van der Waals surface area (Å²) in [5.41, 5.74) is 0.855. The molecule has 0 amide bonds. The highest BCUT2D eigenvalue weighted by atomic mass is 16.4. The summed E-state index contributed by atoms with van der Waals surface area (Å²) >= 11 is 0. The van der Waals surface area contributed by atoms with Crippen molar-refractivity contribution in [1.29, 1.82) is 0 Å². The summed E-state index contributed by atoms with van der Waals surface area (Å²) < 4.78 is 2.99. The van der Waals surface area contributed by atoms with Crippen molar-refractivity contribution < 1.29 is 24.6 Å². The second-order valence-corrected chi connectivity index (χ2v) is 5.06. The second kappa shape index (κ2) is 5.51. The number of carbonyl (C=O) groups is 3. The van der Waals surface area contributed by atoms with Crippen LogP contribution in [0.4, 0.5) is 0 Å². The molecule has 2 aromatic rings. The fourth-order valence-corrected chi connectivity index (χ4v) is 2.66. The molecule has 0 unspecified atom stereocenters. The fourth-order valence-electron chi connectivity index (χ4n) is 2.66. The Bertz CT molecular complexity index is 782. The molecule has 0 atom stereocenters. The molecular weight excluding hydrogens is 288 g/mol. The summed E-state index contributed by atoms with van der Waals surface area (Å²) in [5.74, 6) is -2.73. The van der Waals surface area contributed by atoms with E-state index in [-0.39, 0.29) is 28.3 Å². The molecule has 0 aromatic carbocycles. The molecule has 0 aliphatic rings. The highest BCUT2D eigenvalue weighted by molar-refractivity contribution is 6.10. The van der Waals surface area contributed by atoms with E-state index in [2.05, 4.69) is 0 Å². The van der Waals surface area contributed by atoms with Gasteiger partial charge in [0.2, 0.25) is 5.78 Å². The minimum Gasteiger partial charge on any atom is -0.481 e. The van der Waals surface area contributed by atoms with Gasteiger partial charge in [-0.25, -0.2) is 4.79 Å². The van der Waals surface area contributed by atoms with Crippen LogP contribution in [0.3, 0.4) is 0 Å². The standard InChI is InChI=1S/C15H16N2O5/c1-8-12(15(21)22)10(7-11(18)19)17(3)13(8)14(20)9-5-4-6-16(9)2/h4-6H,7H2,1-3H3,(H,18,19)(H,21,22). The van der Waals surface area contributed by atoms with E-state index in [1.54, 1.807) is 29.9 Å². The van der Waals surface area contributed by atoms with Crippen LogP contribution in [0.2, 0.25) is 0 Å². The SMILES string of the molecule is Cc1c(C(=O)O)c(CC(=O)O)n(C)c1C(=O)c1cccn1C. The van der Waals surface area contributed by atoms with Gasteiger partial charge in [-0.1, -0.05) is 0 Å². The zero-order valence-electron chi connectivity index (χ0n) is 12.5. The zero-order chi connectivity index (χ0) is 16.6. The summed E-state index contributed by atoms with van der Waals surface area (Å²) in [5, 5.41) is 18.3. The first kappa shape index (κ1) is 15.6. The summed E-state index contributed by atoms with van der Waals surface area (Å²) in [6.07, 6.45) is 1.25. The number of rotatable bonds is 5. The number of carboxylic acid groups (broad SMARTS) is 2. The van der Waals surface area contributed by atoms with Crippen LogP contribution in [0.15, 0.2) is 18.3 Å². The van der Waals surface area contributed by atoms with Gasteiger partial charge in [0.25, 0.3) is 0 Å². The number of carboxylic acids is 2. The van der Waals surface area contributed by atoms with E-state index in [1.807, 2.05) is 0 Å². The van der Waals surface area contributed by atoms with Gasteiger partial charge in [0, 0.05) is 26.0 Å². The van der Waals surface area contributed by atoms with Gasteiger partial charge in [-0.3, -0.25) is 9.59 Å². The van der Waals surface area contributed by atoms with Crippen LogP contribution >= 0.6 is 0 Å². The first-order valence-electron chi connectivity index (χ1n) is 6.55. The van der Waals surface area contributed by atoms with Crippen molar-refractivity contribution in [3.05, 3.63) is 46.5 Å². The smallest absolute Gasteiger partial charge is 0.337 e. The average Bonchev–Trinajstić information content (AvgIpc) is 2.92. The number of aromatic nitrogens is 2. The minimum absolute atomic E-state index is 0.107. The van der Waals surface area contributed by atoms with Gasteiger partial charge in [-0.05, 0) is 24.6 Å². The van der Waals surface area contributed by atoms with Crippen molar-refractivity contribution in [3.63, 3.8) is 0 Å². The van der Waals surface area contributed by atoms with Gasteiger partial charge >= 0.3 is 11.9 Å². The first-order chi connectivity index (χ1) is 10.3. The predicted octanol–water partition coefficient (Wildman–Crippen LogP) is 1.23. The van der Waals surface area contributed by atoms with Crippen molar-refractivity contribution in [1.82, 2.24) is 9.13 Å². The molecule has 0 aliphatic carbocycles. The number of aliphatic carboxylic acids is 1. The lowest BCUT2D eigenvalue weighted by Gasteiger charge is -2.07. The number of aromatic carboxylic acids is 1. The van der Waals surface area contributed by atoms with Crippen LogP contribution in [-0.4, -0.2) is 37.1 Å². The van der Waals surface area contributed by atoms with Crippen LogP contribution in [0, 0.1) is 6.92 Å². The lowest BCUT2D eigenvalue weighted by molar-refractivity contribution is -0.136. The quantitative estimate of drug-likeness (QED) is 0.809. The van der Waals surface area contributed by atoms with Gasteiger partial charge in [-0.15, -0.1) is 0 Å². The van der Waals surface area contributed by atoms with Gasteiger partial charge in [0.15, 0.2) is 0 Å². The van der Waals surface area contributed by atoms with Crippen molar-refractivity contribution in [2.24, 2.45) is 14.1 Å². The van der Waals surface area contributed by atoms with Crippen molar-refractivity contribution in [3.8, 4) is 0 Å². The zero-order valence-corrected chi connectivity index (χ0v) is 12.5. The topological polar surface area (TPSA) is 102 Å². The second-order valence-electron chi connectivity index (χ2n) is 5.06. The molecule has 2 rings (SSSR count). The third-order valence-corrected chi connectivity index (χ3v) is 3.68. The van der Waals surface area contributed by atoms with E-state index in [1.165, 1.54) is 18.5 Å². The molecule has 0 bridgehead atoms. The lowest BCUT2D eigenvalue weighted by atomic mass is 10.1. The molecule has 7 nitrogen and oxygen atoms in total. The molecule has 0 spiro atoms. The monoisotopic (exact) mass is 304 g/mol. The maximum Gasteiger partial charge on any atom is 0.337 e. The summed E-state index contributed by atoms with van der Waals surface area (Å²) in [6.45, 7) is 1.52. The van der Waals surface area contributed by atoms with Crippen LogP contribution in [-0.2, 0) is 25.3 Å². The van der Waals surface area contributed by atoms with Crippen LogP contribution in [0.5, 0.6) is 0 Å². The first-order valence-corrected chi connectivity index (χ1v) is 6.55. The molecule has 2 N–H and O–H groups in total. The fraction of sp³-hybridized carbons (Fsp3) is 0.267. The van der Waals surface area contributed by atoms with Gasteiger partial charge < -0.3 is 19.3 Å². The van der Waals surface area contributed by atoms with Gasteiger partial charge in [0.05, 0.1) is 23.4 Å². The Morgan fingerprint density at radius 3 is 2.27 bits per heavy atom. The van der Waals surface area contributed by atoms with E-state index >= 15 is 0 Å². The highest BCUT2D eigenvalue weighted by Crippen LogP contribution is 2.25. The summed E-state index contributed by atoms with van der Waals surface area (Å²) in [7, 11) is 3.22. The molecule has 2 heterocycles. The molecule has 0 radical (unpaired) electrons. The molecule has 2 aromatic heterocycles. The molecule has 116 valence electrons. The van der Waals surface area contributed by atoms with Crippen LogP contribution < -0.4 is 0 Å². The van der Waals surface area contributed by atoms with Crippen LogP contribution in [0.1, 0.15) is 37.8 Å². The Morgan fingerprint density at radius 1 is 1.18 bits per heavy atom. The number of carbonyl (C=O) groups excluding carboxylic acids is 1. The third-order valence-electron chi connectivity index (χ3n) is 3.68. The number of hydrogen-bond acceptors (Lipinski definition) is 3. The van der Waals surface area contributed by atoms with Gasteiger partial charge in [-0.2, -0.15) is 0 Å². The molecule has 0 saturated carbocycles. The number of hydrogen-bond donors (Lipinski definition) is 2. The highest BCUT2D eigenvalue weighted by Gasteiger charge is 2.28. The third kappa shape index (κ3) is 2.41. The molecule has 0 saturated heterocycles. The molecule has 0 aliphatic heterocycles. The maximum absolute atomic E-state index is 12.7. The largest absolute Gasteiger partial charge is 0.481 e. The maximum atomic E-state index is 12.7. The molecule has 22 heavy (non-hydrogen) atoms. The Kier molecular flexibility index (Phi) is 3.90. The van der Waals surface area contributed by atoms with E-state index in [9.17, 15) is 19.5 Å². The number of nitrogens with zero attached hydrogens (tertiary/aromatic N) is 2. The number of ketones is 1. The predicted molar refractivity (Wildman–Crippen MR) is 77.3 cm³/mol. The minimum atomic E-state index is -1.24. The summed E-state index contributed by atoms with van der Waals surface area (Å²) in [4.78, 5) is 35.1. The van der Waals surface area contributed by atoms with E-state index in [0.29, 0.717) is 5.69 Å². The van der Waals surface area contributed by atoms with E-state index in [0.717, 1.165) is 0 Å². The van der Waals surface area contributed by atoms with Crippen molar-refractivity contribution in [2.75, 3.05) is 0 Å². The normalized spacial score (nSPS) is 10.7. The van der Waals surface area contributed by atoms with Crippen molar-refractivity contribution in [2.45, 2.75) is 13.3 Å².